The zero-order valence-electron chi connectivity index (χ0n) is 12.0. The fraction of sp³-hybridized carbons (Fsp3) is 0.625. The highest BCUT2D eigenvalue weighted by Crippen LogP contribution is 2.33. The maximum atomic E-state index is 5.87. The molecule has 0 amide bonds. The van der Waals surface area contributed by atoms with Gasteiger partial charge in [0.25, 0.3) is 0 Å². The molecular formula is C16H24N2O. The number of para-hydroxylation sites is 1. The van der Waals surface area contributed by atoms with Gasteiger partial charge < -0.3 is 10.1 Å². The third kappa shape index (κ3) is 2.71. The zero-order chi connectivity index (χ0) is 13.2. The van der Waals surface area contributed by atoms with Gasteiger partial charge in [-0.3, -0.25) is 4.90 Å². The van der Waals surface area contributed by atoms with Crippen LogP contribution in [0.15, 0.2) is 18.2 Å². The van der Waals surface area contributed by atoms with Crippen molar-refractivity contribution in [2.24, 2.45) is 5.92 Å². The predicted octanol–water partition coefficient (Wildman–Crippen LogP) is 3.11. The van der Waals surface area contributed by atoms with Crippen LogP contribution in [0.2, 0.25) is 0 Å². The number of ether oxygens (including phenoxy) is 1. The Morgan fingerprint density at radius 2 is 2.21 bits per heavy atom. The summed E-state index contributed by atoms with van der Waals surface area (Å²) in [6.45, 7) is 8.61. The van der Waals surface area contributed by atoms with Crippen molar-refractivity contribution >= 4 is 5.69 Å². The Bertz CT molecular complexity index is 446. The molecule has 19 heavy (non-hydrogen) atoms. The number of fused-ring (bicyclic) bond motifs is 1. The van der Waals surface area contributed by atoms with E-state index in [0.717, 1.165) is 37.1 Å². The Kier molecular flexibility index (Phi) is 3.65. The standard InChI is InChI=1S/C16H24N2O/c1-12-6-7-13(2)18(10-12)11-14-4-3-5-15-16(14)19-9-8-17-15/h3-5,12-13,17H,6-11H2,1-2H3. The van der Waals surface area contributed by atoms with Crippen LogP contribution >= 0.6 is 0 Å². The summed E-state index contributed by atoms with van der Waals surface area (Å²) in [4.78, 5) is 2.60. The number of anilines is 1. The fourth-order valence-electron chi connectivity index (χ4n) is 3.18. The second kappa shape index (κ2) is 5.41. The van der Waals surface area contributed by atoms with Crippen LogP contribution in [0.5, 0.6) is 5.75 Å². The molecule has 1 saturated heterocycles. The van der Waals surface area contributed by atoms with E-state index in [0.29, 0.717) is 6.04 Å². The average Bonchev–Trinajstić information content (AvgIpc) is 2.43. The van der Waals surface area contributed by atoms with Gasteiger partial charge >= 0.3 is 0 Å². The number of likely N-dealkylation sites (tertiary alicyclic amines) is 1. The van der Waals surface area contributed by atoms with Gasteiger partial charge in [0.2, 0.25) is 0 Å². The van der Waals surface area contributed by atoms with Crippen LogP contribution < -0.4 is 10.1 Å². The van der Waals surface area contributed by atoms with E-state index in [9.17, 15) is 0 Å². The van der Waals surface area contributed by atoms with E-state index >= 15 is 0 Å². The number of rotatable bonds is 2. The molecule has 0 spiro atoms. The quantitative estimate of drug-likeness (QED) is 0.884. The molecule has 104 valence electrons. The lowest BCUT2D eigenvalue weighted by atomic mass is 9.94. The smallest absolute Gasteiger partial charge is 0.146 e. The minimum Gasteiger partial charge on any atom is -0.489 e. The predicted molar refractivity (Wildman–Crippen MR) is 78.7 cm³/mol. The van der Waals surface area contributed by atoms with Gasteiger partial charge in [0, 0.05) is 31.2 Å². The van der Waals surface area contributed by atoms with Crippen molar-refractivity contribution < 1.29 is 4.74 Å². The van der Waals surface area contributed by atoms with Crippen LogP contribution in [-0.2, 0) is 6.54 Å². The van der Waals surface area contributed by atoms with Crippen molar-refractivity contribution in [2.45, 2.75) is 39.3 Å². The van der Waals surface area contributed by atoms with Crippen LogP contribution in [0.4, 0.5) is 5.69 Å². The lowest BCUT2D eigenvalue weighted by Crippen LogP contribution is -2.40. The van der Waals surface area contributed by atoms with Crippen molar-refractivity contribution in [3.63, 3.8) is 0 Å². The minimum absolute atomic E-state index is 0.684. The summed E-state index contributed by atoms with van der Waals surface area (Å²) in [6, 6.07) is 7.13. The summed E-state index contributed by atoms with van der Waals surface area (Å²) in [5, 5.41) is 3.42. The molecule has 2 aliphatic heterocycles. The highest BCUT2D eigenvalue weighted by molar-refractivity contribution is 5.61. The van der Waals surface area contributed by atoms with Crippen molar-refractivity contribution in [3.05, 3.63) is 23.8 Å². The van der Waals surface area contributed by atoms with E-state index in [2.05, 4.69) is 42.3 Å². The molecule has 3 rings (SSSR count). The highest BCUT2D eigenvalue weighted by atomic mass is 16.5. The van der Waals surface area contributed by atoms with Gasteiger partial charge in [0.15, 0.2) is 0 Å². The molecule has 0 bridgehead atoms. The Hall–Kier alpha value is -1.22. The van der Waals surface area contributed by atoms with E-state index in [-0.39, 0.29) is 0 Å². The lowest BCUT2D eigenvalue weighted by molar-refractivity contribution is 0.116. The topological polar surface area (TPSA) is 24.5 Å². The summed E-state index contributed by atoms with van der Waals surface area (Å²) in [5.74, 6) is 1.88. The van der Waals surface area contributed by atoms with E-state index in [4.69, 9.17) is 4.74 Å². The molecule has 2 aliphatic rings. The summed E-state index contributed by atoms with van der Waals surface area (Å²) >= 11 is 0. The van der Waals surface area contributed by atoms with Gasteiger partial charge in [-0.25, -0.2) is 0 Å². The van der Waals surface area contributed by atoms with Crippen LogP contribution in [0, 0.1) is 5.92 Å². The van der Waals surface area contributed by atoms with Crippen molar-refractivity contribution in [3.8, 4) is 5.75 Å². The number of benzene rings is 1. The molecular weight excluding hydrogens is 236 g/mol. The van der Waals surface area contributed by atoms with Crippen molar-refractivity contribution in [1.29, 1.82) is 0 Å². The van der Waals surface area contributed by atoms with E-state index in [1.165, 1.54) is 24.9 Å². The summed E-state index contributed by atoms with van der Waals surface area (Å²) in [7, 11) is 0. The Balaban J connectivity index is 1.79. The monoisotopic (exact) mass is 260 g/mol. The SMILES string of the molecule is CC1CCC(C)N(Cc2cccc3c2OCCN3)C1. The third-order valence-corrected chi connectivity index (χ3v) is 4.38. The van der Waals surface area contributed by atoms with E-state index in [1.54, 1.807) is 0 Å². The first-order valence-corrected chi connectivity index (χ1v) is 7.46. The normalized spacial score (nSPS) is 27.3. The van der Waals surface area contributed by atoms with Gasteiger partial charge in [-0.05, 0) is 31.7 Å². The Morgan fingerprint density at radius 3 is 3.11 bits per heavy atom. The molecule has 3 nitrogen and oxygen atoms in total. The summed E-state index contributed by atoms with van der Waals surface area (Å²) in [6.07, 6.45) is 2.68. The molecule has 2 heterocycles. The first-order valence-electron chi connectivity index (χ1n) is 7.46. The molecule has 1 fully saturated rings. The van der Waals surface area contributed by atoms with Gasteiger partial charge in [0.1, 0.15) is 12.4 Å². The molecule has 1 aromatic rings. The Morgan fingerprint density at radius 1 is 1.32 bits per heavy atom. The average molecular weight is 260 g/mol. The minimum atomic E-state index is 0.684. The first-order chi connectivity index (χ1) is 9.24. The second-order valence-corrected chi connectivity index (χ2v) is 6.03. The second-order valence-electron chi connectivity index (χ2n) is 6.03. The summed E-state index contributed by atoms with van der Waals surface area (Å²) in [5.41, 5.74) is 2.48. The van der Waals surface area contributed by atoms with Crippen molar-refractivity contribution in [2.75, 3.05) is 25.0 Å². The van der Waals surface area contributed by atoms with Crippen LogP contribution in [0.25, 0.3) is 0 Å². The third-order valence-electron chi connectivity index (χ3n) is 4.38. The molecule has 0 radical (unpaired) electrons. The van der Waals surface area contributed by atoms with E-state index < -0.39 is 0 Å². The molecule has 1 aromatic carbocycles. The van der Waals surface area contributed by atoms with Gasteiger partial charge in [-0.2, -0.15) is 0 Å². The summed E-state index contributed by atoms with van der Waals surface area (Å²) < 4.78 is 5.87. The highest BCUT2D eigenvalue weighted by Gasteiger charge is 2.24. The van der Waals surface area contributed by atoms with Crippen LogP contribution in [-0.4, -0.2) is 30.6 Å². The molecule has 2 unspecified atom stereocenters. The first kappa shape index (κ1) is 12.8. The zero-order valence-corrected chi connectivity index (χ0v) is 12.0. The number of nitrogens with zero attached hydrogens (tertiary/aromatic N) is 1. The molecule has 0 saturated carbocycles. The molecule has 3 heteroatoms. The Labute approximate surface area is 115 Å². The van der Waals surface area contributed by atoms with Gasteiger partial charge in [0.05, 0.1) is 5.69 Å². The largest absolute Gasteiger partial charge is 0.489 e. The van der Waals surface area contributed by atoms with E-state index in [1.807, 2.05) is 0 Å². The van der Waals surface area contributed by atoms with Crippen molar-refractivity contribution in [1.82, 2.24) is 4.90 Å². The number of hydrogen-bond acceptors (Lipinski definition) is 3. The fourth-order valence-corrected chi connectivity index (χ4v) is 3.18. The lowest BCUT2D eigenvalue weighted by Gasteiger charge is -2.37. The molecule has 0 aromatic heterocycles. The van der Waals surface area contributed by atoms with Gasteiger partial charge in [-0.15, -0.1) is 0 Å². The maximum Gasteiger partial charge on any atom is 0.146 e. The number of hydrogen-bond donors (Lipinski definition) is 1. The maximum absolute atomic E-state index is 5.87. The molecule has 0 aliphatic carbocycles. The van der Waals surface area contributed by atoms with Crippen LogP contribution in [0.1, 0.15) is 32.3 Å². The van der Waals surface area contributed by atoms with Gasteiger partial charge in [-0.1, -0.05) is 19.1 Å². The number of nitrogens with one attached hydrogen (secondary N) is 1. The number of piperidine rings is 1. The molecule has 1 N–H and O–H groups in total. The van der Waals surface area contributed by atoms with Crippen LogP contribution in [0.3, 0.4) is 0 Å². The molecule has 2 atom stereocenters.